The molecule has 1 heterocycles. The minimum atomic E-state index is -0.834. The number of allylic oxidation sites excluding steroid dienone is 2. The lowest BCUT2D eigenvalue weighted by atomic mass is 9.89. The molecule has 7 heteroatoms. The average Bonchev–Trinajstić information content (AvgIpc) is 2.65. The zero-order valence-electron chi connectivity index (χ0n) is 14.2. The molecule has 0 radical (unpaired) electrons. The van der Waals surface area contributed by atoms with Gasteiger partial charge in [-0.05, 0) is 5.56 Å². The lowest BCUT2D eigenvalue weighted by Crippen LogP contribution is -2.38. The molecule has 2 aromatic rings. The van der Waals surface area contributed by atoms with E-state index in [9.17, 15) is 19.6 Å². The number of fused-ring (bicyclic) bond motifs is 1. The number of hydrogen-bond donors (Lipinski definition) is 1. The molecule has 0 unspecified atom stereocenters. The van der Waals surface area contributed by atoms with E-state index in [1.807, 2.05) is 30.3 Å². The number of esters is 1. The van der Waals surface area contributed by atoms with Crippen molar-refractivity contribution in [1.29, 1.82) is 0 Å². The second-order valence-electron chi connectivity index (χ2n) is 5.79. The Balaban J connectivity index is 2.00. The number of pyridine rings is 1. The Hall–Kier alpha value is -3.48. The van der Waals surface area contributed by atoms with Crippen molar-refractivity contribution >= 4 is 17.5 Å². The molecular formula is C19H16N2O5. The number of ether oxygens (including phenoxy) is 1. The third kappa shape index (κ3) is 2.95. The van der Waals surface area contributed by atoms with Crippen LogP contribution in [-0.2, 0) is 11.3 Å². The highest BCUT2D eigenvalue weighted by atomic mass is 16.5. The molecule has 0 saturated heterocycles. The van der Waals surface area contributed by atoms with E-state index in [0.29, 0.717) is 11.3 Å². The van der Waals surface area contributed by atoms with Crippen molar-refractivity contribution in [1.82, 2.24) is 5.32 Å². The molecule has 0 saturated carbocycles. The van der Waals surface area contributed by atoms with E-state index in [1.165, 1.54) is 6.92 Å². The van der Waals surface area contributed by atoms with E-state index in [2.05, 4.69) is 10.1 Å². The van der Waals surface area contributed by atoms with Gasteiger partial charge < -0.3 is 15.3 Å². The highest BCUT2D eigenvalue weighted by Gasteiger charge is 2.35. The molecule has 132 valence electrons. The number of nitrogens with one attached hydrogen (secondary N) is 1. The number of carbonyl (C=O) groups is 3. The van der Waals surface area contributed by atoms with E-state index in [-0.39, 0.29) is 28.1 Å². The molecule has 0 amide bonds. The molecule has 0 atom stereocenters. The molecule has 1 aromatic carbocycles. The molecule has 7 nitrogen and oxygen atoms in total. The van der Waals surface area contributed by atoms with Gasteiger partial charge in [0, 0.05) is 19.5 Å². The van der Waals surface area contributed by atoms with Gasteiger partial charge in [0.2, 0.25) is 11.5 Å². The van der Waals surface area contributed by atoms with Crippen LogP contribution in [0.25, 0.3) is 0 Å². The molecule has 0 bridgehead atoms. The van der Waals surface area contributed by atoms with Crippen molar-refractivity contribution in [2.24, 2.45) is 0 Å². The standard InChI is InChI=1S/C19H16N2O5/c1-11-16(19(24)26-2)17-13(10-21(11)25)18(23)14(8-15(17)22)20-9-12-6-4-3-5-7-12/h3-8,10,20H,9H2,1-2H3. The van der Waals surface area contributed by atoms with Crippen LogP contribution in [0, 0.1) is 12.1 Å². The Bertz CT molecular complexity index is 948. The van der Waals surface area contributed by atoms with Gasteiger partial charge in [0.1, 0.15) is 11.1 Å². The van der Waals surface area contributed by atoms with Crippen molar-refractivity contribution < 1.29 is 23.9 Å². The first-order chi connectivity index (χ1) is 12.4. The fourth-order valence-electron chi connectivity index (χ4n) is 2.82. The summed E-state index contributed by atoms with van der Waals surface area (Å²) in [5.74, 6) is -1.89. The molecule has 3 rings (SSSR count). The van der Waals surface area contributed by atoms with Crippen LogP contribution < -0.4 is 10.0 Å². The summed E-state index contributed by atoms with van der Waals surface area (Å²) in [6.45, 7) is 1.73. The summed E-state index contributed by atoms with van der Waals surface area (Å²) in [6, 6.07) is 9.35. The third-order valence-electron chi connectivity index (χ3n) is 4.18. The number of methoxy groups -OCH3 is 1. The van der Waals surface area contributed by atoms with Crippen LogP contribution >= 0.6 is 0 Å². The number of carbonyl (C=O) groups excluding carboxylic acids is 3. The Kier molecular flexibility index (Phi) is 4.53. The normalized spacial score (nSPS) is 13.1. The van der Waals surface area contributed by atoms with E-state index < -0.39 is 17.5 Å². The molecule has 0 fully saturated rings. The van der Waals surface area contributed by atoms with Gasteiger partial charge in [0.25, 0.3) is 0 Å². The van der Waals surface area contributed by atoms with Crippen LogP contribution in [0.4, 0.5) is 0 Å². The first-order valence-corrected chi connectivity index (χ1v) is 7.87. The van der Waals surface area contributed by atoms with Crippen molar-refractivity contribution in [3.05, 3.63) is 81.5 Å². The van der Waals surface area contributed by atoms with Crippen molar-refractivity contribution in [3.8, 4) is 0 Å². The Labute approximate surface area is 149 Å². The molecule has 0 aliphatic heterocycles. The second-order valence-corrected chi connectivity index (χ2v) is 5.79. The van der Waals surface area contributed by atoms with Gasteiger partial charge in [-0.1, -0.05) is 30.3 Å². The minimum Gasteiger partial charge on any atom is -0.618 e. The number of benzene rings is 1. The minimum absolute atomic E-state index is 0.00541. The maximum atomic E-state index is 12.7. The topological polar surface area (TPSA) is 99.4 Å². The molecule has 1 aliphatic rings. The summed E-state index contributed by atoms with van der Waals surface area (Å²) in [5, 5.41) is 15.0. The van der Waals surface area contributed by atoms with Crippen molar-refractivity contribution in [2.75, 3.05) is 7.11 Å². The first kappa shape index (κ1) is 17.3. The first-order valence-electron chi connectivity index (χ1n) is 7.87. The van der Waals surface area contributed by atoms with Crippen LogP contribution in [0.1, 0.15) is 42.3 Å². The number of aromatic nitrogens is 1. The fraction of sp³-hybridized carbons (Fsp3) is 0.158. The van der Waals surface area contributed by atoms with Gasteiger partial charge in [0.15, 0.2) is 12.0 Å². The van der Waals surface area contributed by atoms with E-state index in [0.717, 1.165) is 24.9 Å². The quantitative estimate of drug-likeness (QED) is 0.508. The number of nitrogens with zero attached hydrogens (tertiary/aromatic N) is 1. The molecule has 1 N–H and O–H groups in total. The molecule has 26 heavy (non-hydrogen) atoms. The zero-order chi connectivity index (χ0) is 18.8. The summed E-state index contributed by atoms with van der Waals surface area (Å²) >= 11 is 0. The summed E-state index contributed by atoms with van der Waals surface area (Å²) < 4.78 is 5.06. The molecular weight excluding hydrogens is 336 g/mol. The Morgan fingerprint density at radius 2 is 1.92 bits per heavy atom. The van der Waals surface area contributed by atoms with E-state index >= 15 is 0 Å². The summed E-state index contributed by atoms with van der Waals surface area (Å²) in [7, 11) is 1.15. The van der Waals surface area contributed by atoms with Crippen LogP contribution in [0.15, 0.2) is 48.3 Å². The van der Waals surface area contributed by atoms with Crippen LogP contribution in [0.5, 0.6) is 0 Å². The lowest BCUT2D eigenvalue weighted by Gasteiger charge is -2.19. The molecule has 1 aromatic heterocycles. The van der Waals surface area contributed by atoms with Crippen LogP contribution in [-0.4, -0.2) is 24.6 Å². The lowest BCUT2D eigenvalue weighted by molar-refractivity contribution is -0.612. The highest BCUT2D eigenvalue weighted by molar-refractivity contribution is 6.26. The van der Waals surface area contributed by atoms with Crippen molar-refractivity contribution in [2.45, 2.75) is 13.5 Å². The SMILES string of the molecule is COC(=O)c1c2c(c[n+]([O-])c1C)C(=O)C(NCc1ccccc1)=CC2=O. The number of ketones is 2. The van der Waals surface area contributed by atoms with E-state index in [1.54, 1.807) is 0 Å². The van der Waals surface area contributed by atoms with Gasteiger partial charge in [-0.2, -0.15) is 4.73 Å². The second kappa shape index (κ2) is 6.79. The van der Waals surface area contributed by atoms with E-state index in [4.69, 9.17) is 0 Å². The number of rotatable bonds is 4. The van der Waals surface area contributed by atoms with Gasteiger partial charge in [-0.3, -0.25) is 9.59 Å². The van der Waals surface area contributed by atoms with Gasteiger partial charge in [-0.25, -0.2) is 4.79 Å². The van der Waals surface area contributed by atoms with Gasteiger partial charge in [-0.15, -0.1) is 0 Å². The largest absolute Gasteiger partial charge is 0.618 e. The summed E-state index contributed by atoms with van der Waals surface area (Å²) in [5.41, 5.74) is 0.608. The monoisotopic (exact) mass is 352 g/mol. The van der Waals surface area contributed by atoms with Crippen LogP contribution in [0.3, 0.4) is 0 Å². The maximum Gasteiger partial charge on any atom is 0.345 e. The average molecular weight is 352 g/mol. The van der Waals surface area contributed by atoms with Gasteiger partial charge >= 0.3 is 5.97 Å². The summed E-state index contributed by atoms with van der Waals surface area (Å²) in [6.07, 6.45) is 2.17. The highest BCUT2D eigenvalue weighted by Crippen LogP contribution is 2.25. The molecule has 0 spiro atoms. The zero-order valence-corrected chi connectivity index (χ0v) is 14.2. The predicted molar refractivity (Wildman–Crippen MR) is 91.5 cm³/mol. The number of hydrogen-bond acceptors (Lipinski definition) is 6. The smallest absolute Gasteiger partial charge is 0.345 e. The fourth-order valence-corrected chi connectivity index (χ4v) is 2.82. The van der Waals surface area contributed by atoms with Crippen molar-refractivity contribution in [3.63, 3.8) is 0 Å². The molecule has 1 aliphatic carbocycles. The van der Waals surface area contributed by atoms with Crippen LogP contribution in [0.2, 0.25) is 0 Å². The third-order valence-corrected chi connectivity index (χ3v) is 4.18. The number of Topliss-reactive ketones (excluding diaryl/α,β-unsaturated/α-hetero) is 1. The van der Waals surface area contributed by atoms with Gasteiger partial charge in [0.05, 0.1) is 18.4 Å². The summed E-state index contributed by atoms with van der Waals surface area (Å²) in [4.78, 5) is 37.3. The Morgan fingerprint density at radius 1 is 1.23 bits per heavy atom. The maximum absolute atomic E-state index is 12.7. The predicted octanol–water partition coefficient (Wildman–Crippen LogP) is 1.47. The Morgan fingerprint density at radius 3 is 2.58 bits per heavy atom.